The van der Waals surface area contributed by atoms with Crippen molar-refractivity contribution in [1.82, 2.24) is 14.0 Å². The Morgan fingerprint density at radius 1 is 1.22 bits per heavy atom. The van der Waals surface area contributed by atoms with Gasteiger partial charge in [0.15, 0.2) is 0 Å². The van der Waals surface area contributed by atoms with Gasteiger partial charge in [-0.25, -0.2) is 9.59 Å². The predicted molar refractivity (Wildman–Crippen MR) is 110 cm³/mol. The maximum Gasteiger partial charge on any atom is 0.328 e. The fourth-order valence-corrected chi connectivity index (χ4v) is 4.47. The molecule has 7 nitrogen and oxygen atoms in total. The molecule has 1 atom stereocenters. The van der Waals surface area contributed by atoms with Gasteiger partial charge >= 0.3 is 11.7 Å². The summed E-state index contributed by atoms with van der Waals surface area (Å²) >= 11 is 1.68. The summed E-state index contributed by atoms with van der Waals surface area (Å²) in [6.45, 7) is 0.748. The van der Waals surface area contributed by atoms with Gasteiger partial charge in [-0.1, -0.05) is 6.07 Å². The van der Waals surface area contributed by atoms with E-state index in [1.165, 1.54) is 4.88 Å². The number of nitrogens with zero attached hydrogens (tertiary/aromatic N) is 4. The number of hydrogen-bond donors (Lipinski definition) is 1. The summed E-state index contributed by atoms with van der Waals surface area (Å²) in [7, 11) is 7.35. The number of hydrogen-bond acceptors (Lipinski definition) is 4. The molecule has 0 aliphatic carbocycles. The number of carbonyl (C=O) groups is 1. The second-order valence-corrected chi connectivity index (χ2v) is 8.08. The molecule has 8 heteroatoms. The van der Waals surface area contributed by atoms with E-state index in [-0.39, 0.29) is 17.8 Å². The Kier molecular flexibility index (Phi) is 4.22. The Morgan fingerprint density at radius 2 is 1.93 bits per heavy atom. The van der Waals surface area contributed by atoms with Gasteiger partial charge < -0.3 is 15.1 Å². The zero-order valence-electron chi connectivity index (χ0n) is 15.9. The molecule has 1 aliphatic rings. The predicted octanol–water partition coefficient (Wildman–Crippen LogP) is 2.98. The number of amides is 2. The molecule has 0 spiro atoms. The van der Waals surface area contributed by atoms with Crippen LogP contribution in [0.2, 0.25) is 0 Å². The highest BCUT2D eigenvalue weighted by molar-refractivity contribution is 7.10. The summed E-state index contributed by atoms with van der Waals surface area (Å²) in [5, 5.41) is 5.10. The van der Waals surface area contributed by atoms with Crippen LogP contribution in [0.5, 0.6) is 0 Å². The number of likely N-dealkylation sites (tertiary alicyclic amines) is 1. The minimum Gasteiger partial charge on any atom is -0.376 e. The van der Waals surface area contributed by atoms with Gasteiger partial charge in [0.2, 0.25) is 0 Å². The van der Waals surface area contributed by atoms with Gasteiger partial charge in [0.1, 0.15) is 0 Å². The van der Waals surface area contributed by atoms with Gasteiger partial charge in [0.25, 0.3) is 0 Å². The lowest BCUT2D eigenvalue weighted by Gasteiger charge is -2.40. The number of benzene rings is 1. The van der Waals surface area contributed by atoms with Crippen LogP contribution in [0, 0.1) is 0 Å². The monoisotopic (exact) mass is 385 g/mol. The molecule has 0 saturated carbocycles. The largest absolute Gasteiger partial charge is 0.376 e. The van der Waals surface area contributed by atoms with Crippen LogP contribution in [0.15, 0.2) is 34.4 Å². The van der Waals surface area contributed by atoms with E-state index >= 15 is 0 Å². The second-order valence-electron chi connectivity index (χ2n) is 7.10. The summed E-state index contributed by atoms with van der Waals surface area (Å²) in [6, 6.07) is 7.96. The number of anilines is 2. The SMILES string of the molecule is CN(C)c1cc2c(cc1NC(=O)N1CCC1c1cccs1)n(C)c(=O)n2C. The summed E-state index contributed by atoms with van der Waals surface area (Å²) in [5.74, 6) is 0. The molecule has 3 aromatic rings. The van der Waals surface area contributed by atoms with Crippen LogP contribution in [0.25, 0.3) is 11.0 Å². The van der Waals surface area contributed by atoms with Crippen molar-refractivity contribution in [2.45, 2.75) is 12.5 Å². The number of aromatic nitrogens is 2. The fraction of sp³-hybridized carbons (Fsp3) is 0.368. The van der Waals surface area contributed by atoms with E-state index in [0.29, 0.717) is 5.69 Å². The van der Waals surface area contributed by atoms with E-state index in [1.54, 1.807) is 34.6 Å². The first-order valence-electron chi connectivity index (χ1n) is 8.86. The maximum atomic E-state index is 12.9. The Hall–Kier alpha value is -2.74. The van der Waals surface area contributed by atoms with E-state index < -0.39 is 0 Å². The lowest BCUT2D eigenvalue weighted by molar-refractivity contribution is 0.128. The highest BCUT2D eigenvalue weighted by Crippen LogP contribution is 2.37. The van der Waals surface area contributed by atoms with Crippen molar-refractivity contribution in [3.05, 3.63) is 45.0 Å². The molecule has 1 aliphatic heterocycles. The summed E-state index contributed by atoms with van der Waals surface area (Å²) in [4.78, 5) is 30.2. The number of carbonyl (C=O) groups excluding carboxylic acids is 1. The van der Waals surface area contributed by atoms with Gasteiger partial charge in [0, 0.05) is 39.6 Å². The van der Waals surface area contributed by atoms with Crippen molar-refractivity contribution in [2.24, 2.45) is 14.1 Å². The van der Waals surface area contributed by atoms with Crippen LogP contribution in [-0.4, -0.2) is 40.7 Å². The second kappa shape index (κ2) is 6.45. The van der Waals surface area contributed by atoms with Crippen molar-refractivity contribution in [1.29, 1.82) is 0 Å². The number of nitrogens with one attached hydrogen (secondary N) is 1. The van der Waals surface area contributed by atoms with Crippen molar-refractivity contribution in [3.63, 3.8) is 0 Å². The standard InChI is InChI=1S/C19H23N5O2S/c1-21(2)14-11-16-15(22(3)19(26)23(16)4)10-12(14)20-18(25)24-8-7-13(24)17-6-5-9-27-17/h5-6,9-11,13H,7-8H2,1-4H3,(H,20,25). The highest BCUT2D eigenvalue weighted by Gasteiger charge is 2.34. The lowest BCUT2D eigenvalue weighted by Crippen LogP contribution is -2.47. The first kappa shape index (κ1) is 17.7. The molecule has 3 heterocycles. The molecule has 2 aromatic heterocycles. The molecule has 2 amide bonds. The molecule has 1 saturated heterocycles. The number of rotatable bonds is 3. The fourth-order valence-electron chi connectivity index (χ4n) is 3.60. The van der Waals surface area contributed by atoms with Crippen LogP contribution < -0.4 is 15.9 Å². The number of aryl methyl sites for hydroxylation is 2. The molecule has 4 rings (SSSR count). The molecule has 1 N–H and O–H groups in total. The molecule has 0 bridgehead atoms. The highest BCUT2D eigenvalue weighted by atomic mass is 32.1. The van der Waals surface area contributed by atoms with Crippen molar-refractivity contribution in [2.75, 3.05) is 30.9 Å². The van der Waals surface area contributed by atoms with E-state index in [4.69, 9.17) is 0 Å². The Balaban J connectivity index is 1.68. The minimum atomic E-state index is -0.108. The average Bonchev–Trinajstić information content (AvgIpc) is 3.17. The Morgan fingerprint density at radius 3 is 2.48 bits per heavy atom. The van der Waals surface area contributed by atoms with Crippen molar-refractivity contribution in [3.8, 4) is 0 Å². The first-order valence-corrected chi connectivity index (χ1v) is 9.74. The van der Waals surface area contributed by atoms with E-state index in [2.05, 4.69) is 11.4 Å². The lowest BCUT2D eigenvalue weighted by atomic mass is 10.0. The van der Waals surface area contributed by atoms with Crippen molar-refractivity contribution < 1.29 is 4.79 Å². The normalized spacial score (nSPS) is 16.4. The molecule has 1 fully saturated rings. The molecule has 1 aromatic carbocycles. The molecule has 27 heavy (non-hydrogen) atoms. The smallest absolute Gasteiger partial charge is 0.328 e. The summed E-state index contributed by atoms with van der Waals surface area (Å²) in [5.41, 5.74) is 3.12. The zero-order valence-corrected chi connectivity index (χ0v) is 16.7. The number of imidazole rings is 1. The van der Waals surface area contributed by atoms with Crippen molar-refractivity contribution >= 4 is 39.8 Å². The van der Waals surface area contributed by atoms with Gasteiger partial charge in [-0.15, -0.1) is 11.3 Å². The third-order valence-corrected chi connectivity index (χ3v) is 6.24. The van der Waals surface area contributed by atoms with Crippen LogP contribution in [0.1, 0.15) is 17.3 Å². The number of urea groups is 1. The summed E-state index contributed by atoms with van der Waals surface area (Å²) in [6.07, 6.45) is 0.987. The Bertz CT molecular complexity index is 1060. The first-order chi connectivity index (χ1) is 12.9. The number of thiophene rings is 1. The van der Waals surface area contributed by atoms with Gasteiger partial charge in [-0.3, -0.25) is 9.13 Å². The molecular formula is C19H23N5O2S. The minimum absolute atomic E-state index is 0.0846. The third kappa shape index (κ3) is 2.80. The van der Waals surface area contributed by atoms with Gasteiger partial charge in [-0.05, 0) is 30.0 Å². The van der Waals surface area contributed by atoms with Crippen LogP contribution >= 0.6 is 11.3 Å². The molecule has 1 unspecified atom stereocenters. The van der Waals surface area contributed by atoms with Gasteiger partial charge in [-0.2, -0.15) is 0 Å². The Labute approximate surface area is 161 Å². The van der Waals surface area contributed by atoms with Crippen LogP contribution in [-0.2, 0) is 14.1 Å². The van der Waals surface area contributed by atoms with E-state index in [0.717, 1.165) is 29.7 Å². The molecule has 142 valence electrons. The molecule has 0 radical (unpaired) electrons. The zero-order chi connectivity index (χ0) is 19.3. The van der Waals surface area contributed by atoms with E-state index in [1.807, 2.05) is 47.5 Å². The topological polar surface area (TPSA) is 62.5 Å². The quantitative estimate of drug-likeness (QED) is 0.754. The third-order valence-electron chi connectivity index (χ3n) is 5.26. The molecular weight excluding hydrogens is 362 g/mol. The van der Waals surface area contributed by atoms with Crippen LogP contribution in [0.4, 0.5) is 16.2 Å². The van der Waals surface area contributed by atoms with E-state index in [9.17, 15) is 9.59 Å². The number of fused-ring (bicyclic) bond motifs is 1. The van der Waals surface area contributed by atoms with Gasteiger partial charge in [0.05, 0.1) is 28.5 Å². The maximum absolute atomic E-state index is 12.9. The summed E-state index contributed by atoms with van der Waals surface area (Å²) < 4.78 is 3.22. The average molecular weight is 385 g/mol. The van der Waals surface area contributed by atoms with Crippen LogP contribution in [0.3, 0.4) is 0 Å².